The molecule has 0 aromatic heterocycles. The number of carbonyl (C=O) groups is 1. The lowest BCUT2D eigenvalue weighted by Crippen LogP contribution is -2.30. The molecule has 0 atom stereocenters. The summed E-state index contributed by atoms with van der Waals surface area (Å²) in [4.78, 5) is 12.8. The predicted molar refractivity (Wildman–Crippen MR) is 70.3 cm³/mol. The maximum absolute atomic E-state index is 10.7. The van der Waals surface area contributed by atoms with E-state index in [1.54, 1.807) is 24.3 Å². The molecule has 5 heteroatoms. The van der Waals surface area contributed by atoms with Gasteiger partial charge < -0.3 is 20.1 Å². The van der Waals surface area contributed by atoms with Crippen LogP contribution in [0.4, 0.5) is 0 Å². The van der Waals surface area contributed by atoms with Crippen molar-refractivity contribution in [3.8, 4) is 5.75 Å². The van der Waals surface area contributed by atoms with Gasteiger partial charge in [0.15, 0.2) is 0 Å². The third kappa shape index (κ3) is 5.16. The highest BCUT2D eigenvalue weighted by Crippen LogP contribution is 2.11. The molecule has 5 nitrogen and oxygen atoms in total. The van der Waals surface area contributed by atoms with E-state index in [1.807, 2.05) is 14.1 Å². The zero-order chi connectivity index (χ0) is 13.4. The molecule has 0 saturated heterocycles. The van der Waals surface area contributed by atoms with Crippen molar-refractivity contribution in [2.75, 3.05) is 40.3 Å². The Morgan fingerprint density at radius 3 is 2.56 bits per heavy atom. The molecule has 1 aromatic rings. The number of likely N-dealkylation sites (N-methyl/N-ethyl adjacent to an activating group) is 2. The lowest BCUT2D eigenvalue weighted by atomic mass is 10.2. The summed E-state index contributed by atoms with van der Waals surface area (Å²) in [5.74, 6) is -0.227. The second-order valence-corrected chi connectivity index (χ2v) is 4.08. The largest absolute Gasteiger partial charge is 0.492 e. The van der Waals surface area contributed by atoms with Crippen LogP contribution in [0.25, 0.3) is 0 Å². The van der Waals surface area contributed by atoms with E-state index < -0.39 is 5.97 Å². The third-order valence-electron chi connectivity index (χ3n) is 2.59. The SMILES string of the molecule is CNCCN(C)CCOc1ccc(C(=O)O)cc1. The van der Waals surface area contributed by atoms with Gasteiger partial charge in [-0.05, 0) is 38.4 Å². The van der Waals surface area contributed by atoms with Crippen LogP contribution >= 0.6 is 0 Å². The smallest absolute Gasteiger partial charge is 0.335 e. The highest BCUT2D eigenvalue weighted by atomic mass is 16.5. The van der Waals surface area contributed by atoms with Gasteiger partial charge in [0.05, 0.1) is 5.56 Å². The maximum Gasteiger partial charge on any atom is 0.335 e. The minimum atomic E-state index is -0.923. The Hall–Kier alpha value is -1.59. The molecule has 1 rings (SSSR count). The highest BCUT2D eigenvalue weighted by Gasteiger charge is 2.02. The number of hydrogen-bond acceptors (Lipinski definition) is 4. The average molecular weight is 252 g/mol. The van der Waals surface area contributed by atoms with Crippen molar-refractivity contribution >= 4 is 5.97 Å². The van der Waals surface area contributed by atoms with Gasteiger partial charge in [-0.2, -0.15) is 0 Å². The molecule has 0 bridgehead atoms. The van der Waals surface area contributed by atoms with Crippen LogP contribution in [-0.2, 0) is 0 Å². The minimum Gasteiger partial charge on any atom is -0.492 e. The number of carboxylic acids is 1. The Balaban J connectivity index is 2.29. The molecule has 100 valence electrons. The van der Waals surface area contributed by atoms with Gasteiger partial charge >= 0.3 is 5.97 Å². The number of hydrogen-bond donors (Lipinski definition) is 2. The van der Waals surface area contributed by atoms with Crippen molar-refractivity contribution in [2.45, 2.75) is 0 Å². The molecular weight excluding hydrogens is 232 g/mol. The summed E-state index contributed by atoms with van der Waals surface area (Å²) >= 11 is 0. The van der Waals surface area contributed by atoms with E-state index >= 15 is 0 Å². The van der Waals surface area contributed by atoms with Gasteiger partial charge in [-0.25, -0.2) is 4.79 Å². The Morgan fingerprint density at radius 2 is 2.00 bits per heavy atom. The summed E-state index contributed by atoms with van der Waals surface area (Å²) < 4.78 is 5.54. The van der Waals surface area contributed by atoms with E-state index in [-0.39, 0.29) is 5.56 Å². The van der Waals surface area contributed by atoms with Crippen molar-refractivity contribution in [1.29, 1.82) is 0 Å². The fourth-order valence-electron chi connectivity index (χ4n) is 1.43. The number of rotatable bonds is 8. The van der Waals surface area contributed by atoms with E-state index in [9.17, 15) is 4.79 Å². The first kappa shape index (κ1) is 14.5. The van der Waals surface area contributed by atoms with Gasteiger partial charge in [0.1, 0.15) is 12.4 Å². The molecule has 0 heterocycles. The fraction of sp³-hybridized carbons (Fsp3) is 0.462. The molecule has 0 amide bonds. The third-order valence-corrected chi connectivity index (χ3v) is 2.59. The standard InChI is InChI=1S/C13H20N2O3/c1-14-7-8-15(2)9-10-18-12-5-3-11(4-6-12)13(16)17/h3-6,14H,7-10H2,1-2H3,(H,16,17). The van der Waals surface area contributed by atoms with Gasteiger partial charge in [0, 0.05) is 19.6 Å². The highest BCUT2D eigenvalue weighted by molar-refractivity contribution is 5.87. The van der Waals surface area contributed by atoms with E-state index in [2.05, 4.69) is 10.2 Å². The van der Waals surface area contributed by atoms with Gasteiger partial charge in [-0.3, -0.25) is 0 Å². The zero-order valence-corrected chi connectivity index (χ0v) is 10.8. The zero-order valence-electron chi connectivity index (χ0n) is 10.8. The van der Waals surface area contributed by atoms with Crippen LogP contribution < -0.4 is 10.1 Å². The van der Waals surface area contributed by atoms with Crippen molar-refractivity contribution < 1.29 is 14.6 Å². The Labute approximate surface area is 107 Å². The topological polar surface area (TPSA) is 61.8 Å². The molecule has 0 aliphatic rings. The lowest BCUT2D eigenvalue weighted by molar-refractivity contribution is 0.0697. The summed E-state index contributed by atoms with van der Waals surface area (Å²) in [5.41, 5.74) is 0.272. The minimum absolute atomic E-state index is 0.272. The van der Waals surface area contributed by atoms with Crippen molar-refractivity contribution in [3.05, 3.63) is 29.8 Å². The molecular formula is C13H20N2O3. The molecule has 0 unspecified atom stereocenters. The van der Waals surface area contributed by atoms with Gasteiger partial charge in [0.2, 0.25) is 0 Å². The molecule has 0 fully saturated rings. The van der Waals surface area contributed by atoms with Crippen LogP contribution in [0.3, 0.4) is 0 Å². The molecule has 0 aliphatic heterocycles. The first-order valence-electron chi connectivity index (χ1n) is 5.93. The number of nitrogens with zero attached hydrogens (tertiary/aromatic N) is 1. The monoisotopic (exact) mass is 252 g/mol. The van der Waals surface area contributed by atoms with E-state index in [4.69, 9.17) is 9.84 Å². The van der Waals surface area contributed by atoms with E-state index in [0.29, 0.717) is 12.4 Å². The van der Waals surface area contributed by atoms with Gasteiger partial charge in [-0.15, -0.1) is 0 Å². The molecule has 0 spiro atoms. The Morgan fingerprint density at radius 1 is 1.33 bits per heavy atom. The Kier molecular flexibility index (Phi) is 6.18. The normalized spacial score (nSPS) is 10.6. The summed E-state index contributed by atoms with van der Waals surface area (Å²) in [6.07, 6.45) is 0. The second kappa shape index (κ2) is 7.68. The first-order valence-corrected chi connectivity index (χ1v) is 5.93. The number of benzene rings is 1. The molecule has 18 heavy (non-hydrogen) atoms. The average Bonchev–Trinajstić information content (AvgIpc) is 2.37. The first-order chi connectivity index (χ1) is 8.63. The van der Waals surface area contributed by atoms with Crippen LogP contribution in [-0.4, -0.2) is 56.3 Å². The summed E-state index contributed by atoms with van der Waals surface area (Å²) in [6.45, 7) is 3.34. The quantitative estimate of drug-likeness (QED) is 0.720. The number of ether oxygens (including phenoxy) is 1. The summed E-state index contributed by atoms with van der Waals surface area (Å²) in [6, 6.07) is 6.44. The lowest BCUT2D eigenvalue weighted by Gasteiger charge is -2.16. The predicted octanol–water partition coefficient (Wildman–Crippen LogP) is 0.915. The van der Waals surface area contributed by atoms with Gasteiger partial charge in [-0.1, -0.05) is 0 Å². The molecule has 0 aliphatic carbocycles. The molecule has 0 saturated carbocycles. The summed E-state index contributed by atoms with van der Waals surface area (Å²) in [5, 5.41) is 11.8. The Bertz CT molecular complexity index is 365. The van der Waals surface area contributed by atoms with E-state index in [1.165, 1.54) is 0 Å². The van der Waals surface area contributed by atoms with E-state index in [0.717, 1.165) is 19.6 Å². The van der Waals surface area contributed by atoms with Crippen LogP contribution in [0.15, 0.2) is 24.3 Å². The molecule has 0 radical (unpaired) electrons. The number of carboxylic acid groups (broad SMARTS) is 1. The van der Waals surface area contributed by atoms with Crippen molar-refractivity contribution in [1.82, 2.24) is 10.2 Å². The summed E-state index contributed by atoms with van der Waals surface area (Å²) in [7, 11) is 3.96. The maximum atomic E-state index is 10.7. The number of nitrogens with one attached hydrogen (secondary N) is 1. The molecule has 2 N–H and O–H groups in total. The fourth-order valence-corrected chi connectivity index (χ4v) is 1.43. The van der Waals surface area contributed by atoms with Crippen molar-refractivity contribution in [2.24, 2.45) is 0 Å². The van der Waals surface area contributed by atoms with Crippen LogP contribution in [0.5, 0.6) is 5.75 Å². The van der Waals surface area contributed by atoms with Gasteiger partial charge in [0.25, 0.3) is 0 Å². The second-order valence-electron chi connectivity index (χ2n) is 4.08. The van der Waals surface area contributed by atoms with Crippen LogP contribution in [0.1, 0.15) is 10.4 Å². The van der Waals surface area contributed by atoms with Crippen LogP contribution in [0, 0.1) is 0 Å². The van der Waals surface area contributed by atoms with Crippen LogP contribution in [0.2, 0.25) is 0 Å². The van der Waals surface area contributed by atoms with Crippen molar-refractivity contribution in [3.63, 3.8) is 0 Å². The molecule has 1 aromatic carbocycles. The number of aromatic carboxylic acids is 1.